The molecule has 5 rings (SSSR count). The Morgan fingerprint density at radius 3 is 2.38 bits per heavy atom. The van der Waals surface area contributed by atoms with E-state index in [0.717, 1.165) is 11.1 Å². The summed E-state index contributed by atoms with van der Waals surface area (Å²) in [5.41, 5.74) is 12.2. The molecular formula is C27H25N5O2. The van der Waals surface area contributed by atoms with Crippen molar-refractivity contribution in [1.82, 2.24) is 19.9 Å². The van der Waals surface area contributed by atoms with Crippen LogP contribution in [0.4, 0.5) is 5.82 Å². The number of benzene rings is 3. The van der Waals surface area contributed by atoms with Crippen LogP contribution >= 0.6 is 0 Å². The number of nitrogens with one attached hydrogen (secondary N) is 1. The second-order valence-corrected chi connectivity index (χ2v) is 8.05. The van der Waals surface area contributed by atoms with Crippen molar-refractivity contribution in [3.8, 4) is 11.4 Å². The topological polar surface area (TPSA) is 95.1 Å². The van der Waals surface area contributed by atoms with Crippen molar-refractivity contribution in [2.45, 2.75) is 20.4 Å². The average Bonchev–Trinajstić information content (AvgIpc) is 3.13. The van der Waals surface area contributed by atoms with Gasteiger partial charge in [-0.3, -0.25) is 9.36 Å². The summed E-state index contributed by atoms with van der Waals surface area (Å²) in [6.07, 6.45) is 0. The van der Waals surface area contributed by atoms with Crippen LogP contribution in [-0.2, 0) is 6.54 Å². The highest BCUT2D eigenvalue weighted by Gasteiger charge is 2.26. The van der Waals surface area contributed by atoms with Gasteiger partial charge in [0.05, 0.1) is 23.3 Å². The predicted octanol–water partition coefficient (Wildman–Crippen LogP) is 4.79. The van der Waals surface area contributed by atoms with E-state index in [1.165, 1.54) is 0 Å². The Morgan fingerprint density at radius 1 is 0.971 bits per heavy atom. The van der Waals surface area contributed by atoms with Crippen LogP contribution in [0, 0.1) is 6.92 Å². The van der Waals surface area contributed by atoms with E-state index in [0.29, 0.717) is 52.3 Å². The molecule has 2 heterocycles. The number of amides is 1. The fourth-order valence-corrected chi connectivity index (χ4v) is 4.03. The fourth-order valence-electron chi connectivity index (χ4n) is 4.03. The van der Waals surface area contributed by atoms with Gasteiger partial charge in [0.25, 0.3) is 5.91 Å². The number of rotatable bonds is 6. The Hall–Kier alpha value is -4.39. The maximum atomic E-state index is 13.4. The summed E-state index contributed by atoms with van der Waals surface area (Å²) >= 11 is 0. The summed E-state index contributed by atoms with van der Waals surface area (Å²) in [5, 5.41) is 2.99. The number of anilines is 1. The molecule has 0 unspecified atom stereocenters. The van der Waals surface area contributed by atoms with E-state index in [9.17, 15) is 4.79 Å². The molecule has 2 aromatic heterocycles. The third kappa shape index (κ3) is 3.81. The van der Waals surface area contributed by atoms with Gasteiger partial charge in [0.15, 0.2) is 5.65 Å². The van der Waals surface area contributed by atoms with Crippen LogP contribution in [0.15, 0.2) is 72.8 Å². The Bertz CT molecular complexity index is 1510. The Kier molecular flexibility index (Phi) is 5.59. The molecule has 0 aliphatic heterocycles. The average molecular weight is 452 g/mol. The number of nitrogen functional groups attached to an aromatic ring is 1. The highest BCUT2D eigenvalue weighted by atomic mass is 16.5. The van der Waals surface area contributed by atoms with Gasteiger partial charge >= 0.3 is 0 Å². The number of hydrogen-bond acceptors (Lipinski definition) is 5. The lowest BCUT2D eigenvalue weighted by atomic mass is 10.1. The number of carbonyl (C=O) groups is 1. The number of aromatic nitrogens is 3. The van der Waals surface area contributed by atoms with Gasteiger partial charge in [-0.1, -0.05) is 54.1 Å². The van der Waals surface area contributed by atoms with Crippen molar-refractivity contribution in [2.75, 3.05) is 12.3 Å². The summed E-state index contributed by atoms with van der Waals surface area (Å²) < 4.78 is 7.59. The van der Waals surface area contributed by atoms with Gasteiger partial charge in [-0.25, -0.2) is 9.97 Å². The van der Waals surface area contributed by atoms with Gasteiger partial charge in [0, 0.05) is 6.54 Å². The number of fused-ring (bicyclic) bond motifs is 2. The monoisotopic (exact) mass is 451 g/mol. The lowest BCUT2D eigenvalue weighted by Gasteiger charge is -2.13. The van der Waals surface area contributed by atoms with E-state index in [2.05, 4.69) is 5.32 Å². The zero-order valence-corrected chi connectivity index (χ0v) is 19.1. The number of nitrogens with two attached hydrogens (primary N) is 1. The zero-order valence-electron chi connectivity index (χ0n) is 19.1. The van der Waals surface area contributed by atoms with E-state index < -0.39 is 0 Å². The molecule has 0 fully saturated rings. The molecule has 0 spiro atoms. The van der Waals surface area contributed by atoms with Gasteiger partial charge in [-0.05, 0) is 43.7 Å². The van der Waals surface area contributed by atoms with Crippen molar-refractivity contribution < 1.29 is 9.53 Å². The number of aryl methyl sites for hydroxylation is 1. The molecule has 5 aromatic rings. The summed E-state index contributed by atoms with van der Waals surface area (Å²) in [4.78, 5) is 23.0. The van der Waals surface area contributed by atoms with E-state index >= 15 is 0 Å². The number of ether oxygens (including phenoxy) is 1. The Morgan fingerprint density at radius 2 is 1.65 bits per heavy atom. The maximum absolute atomic E-state index is 13.4. The minimum absolute atomic E-state index is 0.263. The molecule has 0 bridgehead atoms. The maximum Gasteiger partial charge on any atom is 0.257 e. The third-order valence-electron chi connectivity index (χ3n) is 5.70. The molecule has 0 saturated carbocycles. The second-order valence-electron chi connectivity index (χ2n) is 8.05. The fraction of sp³-hybridized carbons (Fsp3) is 0.148. The van der Waals surface area contributed by atoms with Crippen LogP contribution in [0.3, 0.4) is 0 Å². The lowest BCUT2D eigenvalue weighted by Crippen LogP contribution is -2.24. The molecule has 170 valence electrons. The lowest BCUT2D eigenvalue weighted by molar-refractivity contribution is 0.0953. The molecule has 1 amide bonds. The number of carbonyl (C=O) groups excluding carboxylic acids is 1. The smallest absolute Gasteiger partial charge is 0.257 e. The van der Waals surface area contributed by atoms with Gasteiger partial charge in [-0.2, -0.15) is 0 Å². The second kappa shape index (κ2) is 8.86. The first-order chi connectivity index (χ1) is 16.6. The van der Waals surface area contributed by atoms with E-state index in [1.54, 1.807) is 4.57 Å². The van der Waals surface area contributed by atoms with E-state index in [-0.39, 0.29) is 11.7 Å². The first-order valence-corrected chi connectivity index (χ1v) is 11.2. The van der Waals surface area contributed by atoms with Crippen molar-refractivity contribution in [3.63, 3.8) is 0 Å². The van der Waals surface area contributed by atoms with Crippen LogP contribution in [0.5, 0.6) is 5.75 Å². The standard InChI is InChI=1S/C27H25N5O2/c1-3-34-22-11-7-6-10-21(22)32-25(28)23(27(33)29-16-18-14-12-17(2)13-15-18)24-26(32)31-20-9-5-4-8-19(20)30-24/h4-15H,3,16,28H2,1-2H3,(H,29,33). The molecule has 0 saturated heterocycles. The molecule has 7 heteroatoms. The molecule has 0 aliphatic rings. The predicted molar refractivity (Wildman–Crippen MR) is 134 cm³/mol. The first kappa shape index (κ1) is 21.5. The van der Waals surface area contributed by atoms with Crippen molar-refractivity contribution in [3.05, 3.63) is 89.5 Å². The summed E-state index contributed by atoms with van der Waals surface area (Å²) in [7, 11) is 0. The molecular weight excluding hydrogens is 426 g/mol. The number of para-hydroxylation sites is 4. The van der Waals surface area contributed by atoms with Crippen LogP contribution in [0.1, 0.15) is 28.4 Å². The van der Waals surface area contributed by atoms with Gasteiger partial charge < -0.3 is 15.8 Å². The molecule has 34 heavy (non-hydrogen) atoms. The van der Waals surface area contributed by atoms with Gasteiger partial charge in [0.1, 0.15) is 22.6 Å². The molecule has 7 nitrogen and oxygen atoms in total. The quantitative estimate of drug-likeness (QED) is 0.387. The number of nitrogens with zero attached hydrogens (tertiary/aromatic N) is 3. The van der Waals surface area contributed by atoms with Crippen LogP contribution in [-0.4, -0.2) is 27.0 Å². The van der Waals surface area contributed by atoms with Gasteiger partial charge in [-0.15, -0.1) is 0 Å². The normalized spacial score (nSPS) is 11.1. The third-order valence-corrected chi connectivity index (χ3v) is 5.70. The summed E-state index contributed by atoms with van der Waals surface area (Å²) in [6, 6.07) is 23.1. The van der Waals surface area contributed by atoms with E-state index in [4.69, 9.17) is 20.4 Å². The highest BCUT2D eigenvalue weighted by Crippen LogP contribution is 2.34. The largest absolute Gasteiger partial charge is 0.492 e. The molecule has 0 radical (unpaired) electrons. The summed E-state index contributed by atoms with van der Waals surface area (Å²) in [6.45, 7) is 4.82. The number of hydrogen-bond donors (Lipinski definition) is 2. The zero-order chi connectivity index (χ0) is 23.7. The van der Waals surface area contributed by atoms with Crippen molar-refractivity contribution in [2.24, 2.45) is 0 Å². The van der Waals surface area contributed by atoms with Crippen LogP contribution in [0.2, 0.25) is 0 Å². The Balaban J connectivity index is 1.67. The molecule has 0 aliphatic carbocycles. The highest BCUT2D eigenvalue weighted by molar-refractivity contribution is 6.11. The Labute approximate surface area is 197 Å². The minimum Gasteiger partial charge on any atom is -0.492 e. The SMILES string of the molecule is CCOc1ccccc1-n1c(N)c(C(=O)NCc2ccc(C)cc2)c2nc3ccccc3nc21. The van der Waals surface area contributed by atoms with Crippen LogP contribution < -0.4 is 15.8 Å². The summed E-state index contributed by atoms with van der Waals surface area (Å²) in [5.74, 6) is 0.606. The molecule has 0 atom stereocenters. The first-order valence-electron chi connectivity index (χ1n) is 11.2. The minimum atomic E-state index is -0.305. The van der Waals surface area contributed by atoms with Crippen LogP contribution in [0.25, 0.3) is 27.9 Å². The van der Waals surface area contributed by atoms with Crippen molar-refractivity contribution >= 4 is 33.9 Å². The molecule has 3 aromatic carbocycles. The van der Waals surface area contributed by atoms with E-state index in [1.807, 2.05) is 86.6 Å². The molecule has 3 N–H and O–H groups in total. The van der Waals surface area contributed by atoms with Crippen molar-refractivity contribution in [1.29, 1.82) is 0 Å². The van der Waals surface area contributed by atoms with Gasteiger partial charge in [0.2, 0.25) is 0 Å².